The summed E-state index contributed by atoms with van der Waals surface area (Å²) in [5.41, 5.74) is 0. The highest BCUT2D eigenvalue weighted by Gasteiger charge is 2.28. The van der Waals surface area contributed by atoms with Crippen molar-refractivity contribution in [2.45, 2.75) is 22.6 Å². The van der Waals surface area contributed by atoms with Crippen molar-refractivity contribution in [1.82, 2.24) is 4.90 Å². The minimum absolute atomic E-state index is 0.224. The zero-order chi connectivity index (χ0) is 13.0. The molecule has 0 aliphatic heterocycles. The van der Waals surface area contributed by atoms with Gasteiger partial charge in [0.2, 0.25) is 5.91 Å². The molecule has 1 fully saturated rings. The minimum atomic E-state index is 0.224. The van der Waals surface area contributed by atoms with Crippen LogP contribution < -0.4 is 0 Å². The fourth-order valence-corrected chi connectivity index (χ4v) is 3.98. The molecule has 0 aromatic heterocycles. The van der Waals surface area contributed by atoms with Gasteiger partial charge in [-0.2, -0.15) is 0 Å². The van der Waals surface area contributed by atoms with Crippen LogP contribution in [0, 0.1) is 5.92 Å². The van der Waals surface area contributed by atoms with Gasteiger partial charge in [0.25, 0.3) is 0 Å². The monoisotopic (exact) mass is 327 g/mol. The molecule has 0 heterocycles. The highest BCUT2D eigenvalue weighted by Crippen LogP contribution is 2.33. The number of alkyl halides is 1. The van der Waals surface area contributed by atoms with Crippen molar-refractivity contribution < 1.29 is 4.79 Å². The van der Waals surface area contributed by atoms with E-state index in [4.69, 9.17) is 0 Å². The number of hydrogen-bond acceptors (Lipinski definition) is 2. The smallest absolute Gasteiger partial charge is 0.232 e. The molecule has 1 aromatic carbocycles. The van der Waals surface area contributed by atoms with Crippen LogP contribution in [-0.4, -0.2) is 35.0 Å². The van der Waals surface area contributed by atoms with E-state index in [9.17, 15) is 4.79 Å². The Kier molecular flexibility index (Phi) is 5.13. The molecule has 1 aromatic rings. The summed E-state index contributed by atoms with van der Waals surface area (Å²) in [6.07, 6.45) is 2.40. The lowest BCUT2D eigenvalue weighted by Crippen LogP contribution is -2.38. The van der Waals surface area contributed by atoms with Gasteiger partial charge in [-0.05, 0) is 30.9 Å². The van der Waals surface area contributed by atoms with E-state index >= 15 is 0 Å². The SMILES string of the molecule is CN(CC1CC(Br)C1)C(=O)CSc1ccccc1. The molecular weight excluding hydrogens is 310 g/mol. The highest BCUT2D eigenvalue weighted by molar-refractivity contribution is 9.09. The van der Waals surface area contributed by atoms with E-state index in [-0.39, 0.29) is 5.91 Å². The summed E-state index contributed by atoms with van der Waals surface area (Å²) >= 11 is 5.19. The van der Waals surface area contributed by atoms with Crippen LogP contribution in [0.25, 0.3) is 0 Å². The number of benzene rings is 1. The summed E-state index contributed by atoms with van der Waals surface area (Å²) in [6.45, 7) is 0.899. The van der Waals surface area contributed by atoms with Crippen molar-refractivity contribution in [3.05, 3.63) is 30.3 Å². The molecule has 2 rings (SSSR count). The first-order valence-corrected chi connectivity index (χ1v) is 8.11. The maximum atomic E-state index is 12.0. The number of nitrogens with zero attached hydrogens (tertiary/aromatic N) is 1. The molecule has 0 N–H and O–H groups in total. The highest BCUT2D eigenvalue weighted by atomic mass is 79.9. The van der Waals surface area contributed by atoms with Crippen LogP contribution in [0.15, 0.2) is 35.2 Å². The zero-order valence-corrected chi connectivity index (χ0v) is 12.9. The van der Waals surface area contributed by atoms with Gasteiger partial charge in [-0.1, -0.05) is 34.1 Å². The predicted octanol–water partition coefficient (Wildman–Crippen LogP) is 3.41. The van der Waals surface area contributed by atoms with Crippen molar-refractivity contribution in [3.63, 3.8) is 0 Å². The Morgan fingerprint density at radius 2 is 2.06 bits per heavy atom. The summed E-state index contributed by atoms with van der Waals surface area (Å²) in [4.78, 5) is 15.7. The van der Waals surface area contributed by atoms with Gasteiger partial charge in [-0.3, -0.25) is 4.79 Å². The van der Waals surface area contributed by atoms with E-state index in [1.807, 2.05) is 42.3 Å². The minimum Gasteiger partial charge on any atom is -0.345 e. The maximum Gasteiger partial charge on any atom is 0.232 e. The Bertz CT molecular complexity index is 392. The Morgan fingerprint density at radius 1 is 1.39 bits per heavy atom. The van der Waals surface area contributed by atoms with Gasteiger partial charge < -0.3 is 4.90 Å². The molecule has 0 radical (unpaired) electrons. The van der Waals surface area contributed by atoms with Gasteiger partial charge in [0.05, 0.1) is 5.75 Å². The van der Waals surface area contributed by atoms with Crippen LogP contribution in [0.5, 0.6) is 0 Å². The Hall–Kier alpha value is -0.480. The molecule has 18 heavy (non-hydrogen) atoms. The molecule has 4 heteroatoms. The fraction of sp³-hybridized carbons (Fsp3) is 0.500. The lowest BCUT2D eigenvalue weighted by molar-refractivity contribution is -0.127. The first-order chi connectivity index (χ1) is 8.65. The Morgan fingerprint density at radius 3 is 2.67 bits per heavy atom. The molecule has 1 aliphatic carbocycles. The van der Waals surface area contributed by atoms with Crippen LogP contribution in [0.4, 0.5) is 0 Å². The third-order valence-electron chi connectivity index (χ3n) is 3.24. The van der Waals surface area contributed by atoms with E-state index in [1.165, 1.54) is 12.8 Å². The van der Waals surface area contributed by atoms with Crippen molar-refractivity contribution >= 4 is 33.6 Å². The van der Waals surface area contributed by atoms with Crippen molar-refractivity contribution in [1.29, 1.82) is 0 Å². The third-order valence-corrected chi connectivity index (χ3v) is 4.99. The lowest BCUT2D eigenvalue weighted by atomic mass is 9.85. The molecule has 0 atom stereocenters. The first-order valence-electron chi connectivity index (χ1n) is 6.21. The van der Waals surface area contributed by atoms with Crippen molar-refractivity contribution in [2.24, 2.45) is 5.92 Å². The lowest BCUT2D eigenvalue weighted by Gasteiger charge is -2.34. The Balaban J connectivity index is 1.71. The third kappa shape index (κ3) is 4.02. The van der Waals surface area contributed by atoms with Crippen LogP contribution in [0.2, 0.25) is 0 Å². The molecule has 1 aliphatic rings. The molecule has 0 spiro atoms. The van der Waals surface area contributed by atoms with E-state index < -0.39 is 0 Å². The van der Waals surface area contributed by atoms with Gasteiger partial charge >= 0.3 is 0 Å². The summed E-state index contributed by atoms with van der Waals surface area (Å²) in [7, 11) is 1.91. The van der Waals surface area contributed by atoms with E-state index in [0.717, 1.165) is 11.4 Å². The first kappa shape index (κ1) is 13.9. The standard InChI is InChI=1S/C14H18BrNOS/c1-16(9-11-7-12(15)8-11)14(17)10-18-13-5-3-2-4-6-13/h2-6,11-12H,7-10H2,1H3. The number of rotatable bonds is 5. The number of hydrogen-bond donors (Lipinski definition) is 0. The number of amides is 1. The second-order valence-corrected chi connectivity index (χ2v) is 7.15. The van der Waals surface area contributed by atoms with E-state index in [1.54, 1.807) is 11.8 Å². The summed E-state index contributed by atoms with van der Waals surface area (Å²) in [6, 6.07) is 10.1. The van der Waals surface area contributed by atoms with Gasteiger partial charge in [-0.25, -0.2) is 0 Å². The molecule has 1 amide bonds. The van der Waals surface area contributed by atoms with E-state index in [2.05, 4.69) is 15.9 Å². The summed E-state index contributed by atoms with van der Waals surface area (Å²) in [5, 5.41) is 0. The molecule has 2 nitrogen and oxygen atoms in total. The van der Waals surface area contributed by atoms with Crippen LogP contribution in [0.1, 0.15) is 12.8 Å². The quantitative estimate of drug-likeness (QED) is 0.610. The Labute approximate surface area is 121 Å². The normalized spacial score (nSPS) is 22.3. The second kappa shape index (κ2) is 6.62. The average Bonchev–Trinajstić information content (AvgIpc) is 2.35. The molecule has 0 bridgehead atoms. The van der Waals surface area contributed by atoms with Gasteiger partial charge in [0, 0.05) is 23.3 Å². The predicted molar refractivity (Wildman–Crippen MR) is 80.2 cm³/mol. The average molecular weight is 328 g/mol. The molecule has 0 unspecified atom stereocenters. The number of carbonyl (C=O) groups is 1. The van der Waals surface area contributed by atoms with Crippen molar-refractivity contribution in [2.75, 3.05) is 19.3 Å². The molecule has 98 valence electrons. The largest absolute Gasteiger partial charge is 0.345 e. The van der Waals surface area contributed by atoms with E-state index in [0.29, 0.717) is 16.5 Å². The molecule has 1 saturated carbocycles. The van der Waals surface area contributed by atoms with Gasteiger partial charge in [0.1, 0.15) is 0 Å². The van der Waals surface area contributed by atoms with Gasteiger partial charge in [-0.15, -0.1) is 11.8 Å². The summed E-state index contributed by atoms with van der Waals surface area (Å²) in [5.74, 6) is 1.44. The van der Waals surface area contributed by atoms with Gasteiger partial charge in [0.15, 0.2) is 0 Å². The molecular formula is C14H18BrNOS. The topological polar surface area (TPSA) is 20.3 Å². The number of carbonyl (C=O) groups excluding carboxylic acids is 1. The van der Waals surface area contributed by atoms with Crippen LogP contribution >= 0.6 is 27.7 Å². The second-order valence-electron chi connectivity index (χ2n) is 4.81. The maximum absolute atomic E-state index is 12.0. The zero-order valence-electron chi connectivity index (χ0n) is 10.5. The number of halogens is 1. The van der Waals surface area contributed by atoms with Crippen LogP contribution in [0.3, 0.4) is 0 Å². The fourth-order valence-electron chi connectivity index (χ4n) is 2.06. The van der Waals surface area contributed by atoms with Crippen LogP contribution in [-0.2, 0) is 4.79 Å². The summed E-state index contributed by atoms with van der Waals surface area (Å²) < 4.78 is 0. The molecule has 0 saturated heterocycles. The number of thioether (sulfide) groups is 1. The van der Waals surface area contributed by atoms with Crippen molar-refractivity contribution in [3.8, 4) is 0 Å².